The molecule has 0 aliphatic heterocycles. The van der Waals surface area contributed by atoms with Gasteiger partial charge in [-0.2, -0.15) is 0 Å². The number of nitrogen functional groups attached to an aromatic ring is 1. The van der Waals surface area contributed by atoms with Crippen LogP contribution in [-0.2, 0) is 4.79 Å². The maximum atomic E-state index is 10.5. The molecule has 0 aliphatic carbocycles. The Kier molecular flexibility index (Phi) is 4.34. The van der Waals surface area contributed by atoms with Crippen LogP contribution in [0.5, 0.6) is 0 Å². The molecule has 0 saturated carbocycles. The monoisotopic (exact) mass is 334 g/mol. The highest BCUT2D eigenvalue weighted by atomic mass is 16.4. The van der Waals surface area contributed by atoms with Crippen molar-refractivity contribution in [1.29, 1.82) is 5.41 Å². The van der Waals surface area contributed by atoms with Gasteiger partial charge >= 0.3 is 5.97 Å². The molecular weight excluding hydrogens is 320 g/mol. The van der Waals surface area contributed by atoms with Gasteiger partial charge in [-0.3, -0.25) is 9.98 Å². The lowest BCUT2D eigenvalue weighted by Crippen LogP contribution is -2.10. The highest BCUT2D eigenvalue weighted by Crippen LogP contribution is 2.18. The molecule has 124 valence electrons. The van der Waals surface area contributed by atoms with Crippen LogP contribution in [0.2, 0.25) is 0 Å². The second-order valence-corrected chi connectivity index (χ2v) is 5.15. The van der Waals surface area contributed by atoms with Crippen molar-refractivity contribution in [3.63, 3.8) is 0 Å². The number of benzene rings is 1. The summed E-state index contributed by atoms with van der Waals surface area (Å²) >= 11 is 0. The Labute approximate surface area is 142 Å². The van der Waals surface area contributed by atoms with Crippen LogP contribution in [0.15, 0.2) is 55.0 Å². The first kappa shape index (κ1) is 16.1. The van der Waals surface area contributed by atoms with Crippen LogP contribution >= 0.6 is 0 Å². The molecule has 0 saturated heterocycles. The van der Waals surface area contributed by atoms with E-state index in [1.54, 1.807) is 29.0 Å². The van der Waals surface area contributed by atoms with Crippen molar-refractivity contribution in [2.24, 2.45) is 5.73 Å². The Morgan fingerprint density at radius 2 is 1.92 bits per heavy atom. The third kappa shape index (κ3) is 3.75. The van der Waals surface area contributed by atoms with E-state index in [0.29, 0.717) is 22.8 Å². The van der Waals surface area contributed by atoms with Crippen molar-refractivity contribution in [2.45, 2.75) is 0 Å². The number of aromatic nitrogens is 4. The molecule has 1 aromatic carbocycles. The molecule has 2 aromatic heterocycles. The molecule has 0 bridgehead atoms. The first-order chi connectivity index (χ1) is 12.0. The first-order valence-electron chi connectivity index (χ1n) is 7.27. The minimum atomic E-state index is -1.03. The minimum Gasteiger partial charge on any atom is -0.478 e. The van der Waals surface area contributed by atoms with E-state index in [2.05, 4.69) is 15.2 Å². The van der Waals surface area contributed by atoms with Gasteiger partial charge in [-0.05, 0) is 18.2 Å². The summed E-state index contributed by atoms with van der Waals surface area (Å²) in [5.41, 5.74) is 8.14. The minimum absolute atomic E-state index is 0.0147. The lowest BCUT2D eigenvalue weighted by atomic mass is 10.1. The second kappa shape index (κ2) is 6.75. The van der Waals surface area contributed by atoms with E-state index >= 15 is 0 Å². The highest BCUT2D eigenvalue weighted by molar-refractivity contribution is 5.95. The summed E-state index contributed by atoms with van der Waals surface area (Å²) in [5.74, 6) is -0.457. The van der Waals surface area contributed by atoms with Gasteiger partial charge < -0.3 is 10.8 Å². The molecule has 8 nitrogen and oxygen atoms in total. The summed E-state index contributed by atoms with van der Waals surface area (Å²) in [6.07, 6.45) is 5.61. The Hall–Kier alpha value is -3.81. The van der Waals surface area contributed by atoms with E-state index in [1.165, 1.54) is 12.4 Å². The Balaban J connectivity index is 1.80. The molecule has 0 amide bonds. The predicted octanol–water partition coefficient (Wildman–Crippen LogP) is 1.71. The molecule has 0 fully saturated rings. The fraction of sp³-hybridized carbons (Fsp3) is 0. The van der Waals surface area contributed by atoms with Gasteiger partial charge in [0.1, 0.15) is 12.2 Å². The van der Waals surface area contributed by atoms with Crippen LogP contribution < -0.4 is 5.73 Å². The van der Waals surface area contributed by atoms with Gasteiger partial charge in [0.25, 0.3) is 0 Å². The van der Waals surface area contributed by atoms with E-state index in [4.69, 9.17) is 16.2 Å². The average molecular weight is 334 g/mol. The van der Waals surface area contributed by atoms with Gasteiger partial charge in [0.05, 0.1) is 11.4 Å². The van der Waals surface area contributed by atoms with Crippen LogP contribution in [0.1, 0.15) is 11.3 Å². The number of carbonyl (C=O) groups is 1. The summed E-state index contributed by atoms with van der Waals surface area (Å²) in [4.78, 5) is 14.6. The number of carboxylic acid groups (broad SMARTS) is 1. The number of carboxylic acids is 1. The number of aliphatic carboxylic acids is 1. The second-order valence-electron chi connectivity index (χ2n) is 5.15. The Morgan fingerprint density at radius 3 is 2.52 bits per heavy atom. The van der Waals surface area contributed by atoms with Crippen LogP contribution in [-0.4, -0.2) is 36.7 Å². The zero-order valence-corrected chi connectivity index (χ0v) is 13.0. The fourth-order valence-corrected chi connectivity index (χ4v) is 2.14. The van der Waals surface area contributed by atoms with Crippen LogP contribution in [0, 0.1) is 5.41 Å². The van der Waals surface area contributed by atoms with Gasteiger partial charge in [0.15, 0.2) is 5.82 Å². The molecular formula is C17H14N6O2. The fourth-order valence-electron chi connectivity index (χ4n) is 2.14. The average Bonchev–Trinajstić information content (AvgIpc) is 3.09. The lowest BCUT2D eigenvalue weighted by Gasteiger charge is -2.04. The van der Waals surface area contributed by atoms with Gasteiger partial charge in [0.2, 0.25) is 0 Å². The number of hydrogen-bond donors (Lipinski definition) is 3. The van der Waals surface area contributed by atoms with Gasteiger partial charge in [0, 0.05) is 23.4 Å². The van der Waals surface area contributed by atoms with E-state index in [1.807, 2.05) is 18.2 Å². The highest BCUT2D eigenvalue weighted by Gasteiger charge is 2.05. The third-order valence-electron chi connectivity index (χ3n) is 3.41. The van der Waals surface area contributed by atoms with E-state index in [0.717, 1.165) is 11.6 Å². The molecule has 25 heavy (non-hydrogen) atoms. The van der Waals surface area contributed by atoms with Gasteiger partial charge in [-0.1, -0.05) is 24.3 Å². The summed E-state index contributed by atoms with van der Waals surface area (Å²) in [5, 5.41) is 24.4. The number of hydrogen-bond acceptors (Lipinski definition) is 5. The van der Waals surface area contributed by atoms with Crippen LogP contribution in [0.25, 0.3) is 23.2 Å². The van der Waals surface area contributed by atoms with Gasteiger partial charge in [-0.25, -0.2) is 9.78 Å². The Bertz CT molecular complexity index is 942. The van der Waals surface area contributed by atoms with E-state index in [-0.39, 0.29) is 5.84 Å². The van der Waals surface area contributed by atoms with Crippen molar-refractivity contribution in [1.82, 2.24) is 19.7 Å². The maximum Gasteiger partial charge on any atom is 0.328 e. The summed E-state index contributed by atoms with van der Waals surface area (Å²) < 4.78 is 1.65. The quantitative estimate of drug-likeness (QED) is 0.370. The van der Waals surface area contributed by atoms with Crippen molar-refractivity contribution < 1.29 is 9.90 Å². The Morgan fingerprint density at radius 1 is 1.16 bits per heavy atom. The zero-order chi connectivity index (χ0) is 17.8. The molecule has 0 unspecified atom stereocenters. The predicted molar refractivity (Wildman–Crippen MR) is 92.3 cm³/mol. The number of imidazole rings is 1. The lowest BCUT2D eigenvalue weighted by molar-refractivity contribution is -0.131. The van der Waals surface area contributed by atoms with Crippen molar-refractivity contribution in [3.8, 4) is 17.1 Å². The number of amidine groups is 1. The SMILES string of the molecule is N=C(N)c1ccc(-c2ccc(-n3cnc(/C=C/C(=O)O)c3)nn2)cc1. The normalized spacial score (nSPS) is 10.9. The maximum absolute atomic E-state index is 10.5. The smallest absolute Gasteiger partial charge is 0.328 e. The van der Waals surface area contributed by atoms with Crippen molar-refractivity contribution in [2.75, 3.05) is 0 Å². The first-order valence-corrected chi connectivity index (χ1v) is 7.27. The molecule has 0 atom stereocenters. The van der Waals surface area contributed by atoms with Crippen LogP contribution in [0.3, 0.4) is 0 Å². The van der Waals surface area contributed by atoms with E-state index < -0.39 is 5.97 Å². The molecule has 4 N–H and O–H groups in total. The standard InChI is InChI=1S/C17H14N6O2/c18-17(19)12-3-1-11(2-4-12)14-6-7-15(22-21-14)23-9-13(20-10-23)5-8-16(24)25/h1-10H,(H3,18,19)(H,24,25)/b8-5+. The van der Waals surface area contributed by atoms with Crippen molar-refractivity contribution >= 4 is 17.9 Å². The molecule has 0 radical (unpaired) electrons. The summed E-state index contributed by atoms with van der Waals surface area (Å²) in [7, 11) is 0. The number of rotatable bonds is 5. The summed E-state index contributed by atoms with van der Waals surface area (Å²) in [6.45, 7) is 0. The molecule has 0 aliphatic rings. The third-order valence-corrected chi connectivity index (χ3v) is 3.41. The summed E-state index contributed by atoms with van der Waals surface area (Å²) in [6, 6.07) is 10.8. The van der Waals surface area contributed by atoms with Crippen molar-refractivity contribution in [3.05, 3.63) is 66.3 Å². The van der Waals surface area contributed by atoms with Gasteiger partial charge in [-0.15, -0.1) is 10.2 Å². The molecule has 8 heteroatoms. The molecule has 3 rings (SSSR count). The molecule has 3 aromatic rings. The topological polar surface area (TPSA) is 131 Å². The molecule has 0 spiro atoms. The van der Waals surface area contributed by atoms with E-state index in [9.17, 15) is 4.79 Å². The number of nitrogens with zero attached hydrogens (tertiary/aromatic N) is 4. The largest absolute Gasteiger partial charge is 0.478 e. The number of nitrogens with one attached hydrogen (secondary N) is 1. The zero-order valence-electron chi connectivity index (χ0n) is 13.0. The number of nitrogens with two attached hydrogens (primary N) is 1. The van der Waals surface area contributed by atoms with Crippen LogP contribution in [0.4, 0.5) is 0 Å². The molecule has 2 heterocycles.